The van der Waals surface area contributed by atoms with Gasteiger partial charge in [-0.1, -0.05) is 18.2 Å². The molecule has 0 heterocycles. The van der Waals surface area contributed by atoms with E-state index in [2.05, 4.69) is 15.4 Å². The number of nitrogens with two attached hydrogens (primary N) is 1. The Hall–Kier alpha value is -3.93. The zero-order valence-electron chi connectivity index (χ0n) is 20.6. The first kappa shape index (κ1) is 27.7. The van der Waals surface area contributed by atoms with Crippen molar-refractivity contribution in [3.05, 3.63) is 77.9 Å². The molecule has 10 nitrogen and oxygen atoms in total. The molecular weight excluding hydrogens is 494 g/mol. The highest BCUT2D eigenvalue weighted by molar-refractivity contribution is 7.92. The number of aliphatic hydroxyl groups excluding tert-OH is 1. The van der Waals surface area contributed by atoms with Gasteiger partial charge in [-0.25, -0.2) is 8.42 Å². The SMILES string of the molecule is CC(=N)c1ccc(OCCNC[C@H](O)c2cccc(NS(=O)(=O)c3cccc(NC(C)=O)c3)c2)cc1N. The number of ether oxygens (including phenoxy) is 1. The van der Waals surface area contributed by atoms with Gasteiger partial charge in [-0.15, -0.1) is 0 Å². The molecule has 0 aliphatic carbocycles. The lowest BCUT2D eigenvalue weighted by Gasteiger charge is -2.15. The number of sulfonamides is 1. The van der Waals surface area contributed by atoms with E-state index in [0.717, 1.165) is 0 Å². The minimum atomic E-state index is -3.91. The molecule has 0 unspecified atom stereocenters. The fraction of sp³-hybridized carbons (Fsp3) is 0.231. The average molecular weight is 526 g/mol. The summed E-state index contributed by atoms with van der Waals surface area (Å²) in [6.45, 7) is 4.03. The second-order valence-electron chi connectivity index (χ2n) is 8.38. The monoisotopic (exact) mass is 525 g/mol. The molecule has 0 aromatic heterocycles. The van der Waals surface area contributed by atoms with Crippen LogP contribution in [0.15, 0.2) is 71.6 Å². The van der Waals surface area contributed by atoms with Crippen LogP contribution in [0.4, 0.5) is 17.1 Å². The first-order valence-electron chi connectivity index (χ1n) is 11.5. The van der Waals surface area contributed by atoms with Gasteiger partial charge in [0.15, 0.2) is 0 Å². The Morgan fingerprint density at radius 1 is 1.05 bits per heavy atom. The van der Waals surface area contributed by atoms with Crippen LogP contribution in [0.1, 0.15) is 31.1 Å². The van der Waals surface area contributed by atoms with Gasteiger partial charge >= 0.3 is 0 Å². The molecule has 0 aliphatic heterocycles. The molecule has 3 rings (SSSR count). The van der Waals surface area contributed by atoms with E-state index in [0.29, 0.717) is 52.8 Å². The molecule has 3 aromatic rings. The number of benzene rings is 3. The summed E-state index contributed by atoms with van der Waals surface area (Å²) in [5.74, 6) is 0.286. The molecule has 0 saturated heterocycles. The van der Waals surface area contributed by atoms with Crippen LogP contribution in [0.3, 0.4) is 0 Å². The lowest BCUT2D eigenvalue weighted by atomic mass is 10.1. The Kier molecular flexibility index (Phi) is 9.23. The molecule has 1 amide bonds. The van der Waals surface area contributed by atoms with Crippen molar-refractivity contribution in [2.75, 3.05) is 35.5 Å². The van der Waals surface area contributed by atoms with Crippen molar-refractivity contribution in [2.45, 2.75) is 24.8 Å². The normalized spacial score (nSPS) is 12.0. The highest BCUT2D eigenvalue weighted by atomic mass is 32.2. The zero-order valence-corrected chi connectivity index (χ0v) is 21.4. The molecule has 1 atom stereocenters. The molecule has 3 aromatic carbocycles. The lowest BCUT2D eigenvalue weighted by Crippen LogP contribution is -2.26. The lowest BCUT2D eigenvalue weighted by molar-refractivity contribution is -0.114. The second kappa shape index (κ2) is 12.3. The third-order valence-corrected chi connectivity index (χ3v) is 6.68. The third kappa shape index (κ3) is 8.04. The molecule has 0 spiro atoms. The van der Waals surface area contributed by atoms with E-state index in [1.165, 1.54) is 25.1 Å². The number of nitrogens with one attached hydrogen (secondary N) is 4. The van der Waals surface area contributed by atoms with Crippen LogP contribution in [0.2, 0.25) is 0 Å². The summed E-state index contributed by atoms with van der Waals surface area (Å²) in [7, 11) is -3.91. The van der Waals surface area contributed by atoms with Crippen LogP contribution in [0, 0.1) is 5.41 Å². The second-order valence-corrected chi connectivity index (χ2v) is 10.1. The molecule has 0 radical (unpaired) electrons. The fourth-order valence-corrected chi connectivity index (χ4v) is 4.63. The van der Waals surface area contributed by atoms with Crippen LogP contribution >= 0.6 is 0 Å². The highest BCUT2D eigenvalue weighted by Crippen LogP contribution is 2.23. The molecule has 0 bridgehead atoms. The van der Waals surface area contributed by atoms with Crippen molar-refractivity contribution in [2.24, 2.45) is 0 Å². The van der Waals surface area contributed by atoms with Crippen molar-refractivity contribution in [1.29, 1.82) is 5.41 Å². The van der Waals surface area contributed by atoms with Gasteiger partial charge < -0.3 is 31.6 Å². The summed E-state index contributed by atoms with van der Waals surface area (Å²) >= 11 is 0. The summed E-state index contributed by atoms with van der Waals surface area (Å²) in [4.78, 5) is 11.3. The largest absolute Gasteiger partial charge is 0.492 e. The van der Waals surface area contributed by atoms with Crippen LogP contribution in [-0.2, 0) is 14.8 Å². The Balaban J connectivity index is 1.52. The van der Waals surface area contributed by atoms with Gasteiger partial charge in [0.25, 0.3) is 10.0 Å². The molecule has 0 aliphatic rings. The predicted molar refractivity (Wildman–Crippen MR) is 145 cm³/mol. The molecule has 11 heteroatoms. The Morgan fingerprint density at radius 2 is 1.78 bits per heavy atom. The predicted octanol–water partition coefficient (Wildman–Crippen LogP) is 3.12. The third-order valence-electron chi connectivity index (χ3n) is 5.30. The smallest absolute Gasteiger partial charge is 0.261 e. The summed E-state index contributed by atoms with van der Waals surface area (Å²) < 4.78 is 33.8. The number of nitrogen functional groups attached to an aromatic ring is 1. The summed E-state index contributed by atoms with van der Waals surface area (Å²) in [5, 5.41) is 23.9. The number of hydrogen-bond donors (Lipinski definition) is 6. The summed E-state index contributed by atoms with van der Waals surface area (Å²) in [5.41, 5.74) is 8.66. The van der Waals surface area contributed by atoms with Crippen LogP contribution < -0.4 is 25.8 Å². The van der Waals surface area contributed by atoms with Crippen molar-refractivity contribution in [1.82, 2.24) is 5.32 Å². The van der Waals surface area contributed by atoms with Gasteiger partial charge in [0.05, 0.1) is 11.0 Å². The Labute approximate surface area is 216 Å². The van der Waals surface area contributed by atoms with Crippen molar-refractivity contribution < 1.29 is 23.1 Å². The van der Waals surface area contributed by atoms with E-state index in [1.54, 1.807) is 55.5 Å². The van der Waals surface area contributed by atoms with Gasteiger partial charge in [-0.3, -0.25) is 9.52 Å². The van der Waals surface area contributed by atoms with E-state index in [1.807, 2.05) is 0 Å². The number of rotatable bonds is 12. The summed E-state index contributed by atoms with van der Waals surface area (Å²) in [6, 6.07) is 17.6. The minimum absolute atomic E-state index is 0.00396. The molecule has 196 valence electrons. The molecule has 7 N–H and O–H groups in total. The number of carbonyl (C=O) groups is 1. The first-order chi connectivity index (χ1) is 17.5. The molecule has 0 fully saturated rings. The highest BCUT2D eigenvalue weighted by Gasteiger charge is 2.16. The minimum Gasteiger partial charge on any atom is -0.492 e. The van der Waals surface area contributed by atoms with E-state index in [9.17, 15) is 18.3 Å². The molecular formula is C26H31N5O5S. The molecule has 37 heavy (non-hydrogen) atoms. The number of hydrogen-bond acceptors (Lipinski definition) is 8. The van der Waals surface area contributed by atoms with Gasteiger partial charge in [-0.05, 0) is 55.0 Å². The molecule has 0 saturated carbocycles. The van der Waals surface area contributed by atoms with Gasteiger partial charge in [-0.2, -0.15) is 0 Å². The van der Waals surface area contributed by atoms with Crippen LogP contribution in [-0.4, -0.2) is 44.8 Å². The topological polar surface area (TPSA) is 167 Å². The quantitative estimate of drug-likeness (QED) is 0.120. The maximum absolute atomic E-state index is 12.8. The Morgan fingerprint density at radius 3 is 2.49 bits per heavy atom. The van der Waals surface area contributed by atoms with Gasteiger partial charge in [0.2, 0.25) is 5.91 Å². The van der Waals surface area contributed by atoms with Crippen molar-refractivity contribution >= 4 is 38.7 Å². The Bertz CT molecular complexity index is 1380. The fourth-order valence-electron chi connectivity index (χ4n) is 3.54. The number of carbonyl (C=O) groups excluding carboxylic acids is 1. The number of amides is 1. The number of anilines is 3. The van der Waals surface area contributed by atoms with E-state index in [4.69, 9.17) is 15.9 Å². The van der Waals surface area contributed by atoms with Crippen molar-refractivity contribution in [3.63, 3.8) is 0 Å². The summed E-state index contributed by atoms with van der Waals surface area (Å²) in [6.07, 6.45) is -0.877. The van der Waals surface area contributed by atoms with E-state index < -0.39 is 16.1 Å². The zero-order chi connectivity index (χ0) is 27.0. The van der Waals surface area contributed by atoms with Crippen LogP contribution in [0.25, 0.3) is 0 Å². The van der Waals surface area contributed by atoms with E-state index in [-0.39, 0.29) is 17.3 Å². The average Bonchev–Trinajstić information content (AvgIpc) is 2.83. The standard InChI is InChI=1S/C26H31N5O5S/c1-17(27)24-10-9-22(15-25(24)28)36-12-11-29-16-26(33)19-5-3-7-21(13-19)31-37(34,35)23-8-4-6-20(14-23)30-18(2)32/h3-10,13-15,26-27,29,31,33H,11-12,16,28H2,1-2H3,(H,30,32)/t26-/m0/s1. The maximum atomic E-state index is 12.8. The van der Waals surface area contributed by atoms with Gasteiger partial charge in [0, 0.05) is 54.4 Å². The first-order valence-corrected chi connectivity index (χ1v) is 13.0. The van der Waals surface area contributed by atoms with Crippen molar-refractivity contribution in [3.8, 4) is 5.75 Å². The van der Waals surface area contributed by atoms with E-state index >= 15 is 0 Å². The maximum Gasteiger partial charge on any atom is 0.261 e. The van der Waals surface area contributed by atoms with Crippen LogP contribution in [0.5, 0.6) is 5.75 Å². The van der Waals surface area contributed by atoms with Gasteiger partial charge in [0.1, 0.15) is 12.4 Å². The number of aliphatic hydroxyl groups is 1.